The fourth-order valence-corrected chi connectivity index (χ4v) is 3.67. The number of aryl methyl sites for hydroxylation is 1. The van der Waals surface area contributed by atoms with Crippen molar-refractivity contribution in [1.82, 2.24) is 10.2 Å². The Balaban J connectivity index is 1.80. The van der Waals surface area contributed by atoms with E-state index in [1.54, 1.807) is 38.4 Å². The van der Waals surface area contributed by atoms with Gasteiger partial charge in [0.2, 0.25) is 5.91 Å². The number of carbonyl (C=O) groups excluding carboxylic acids is 3. The summed E-state index contributed by atoms with van der Waals surface area (Å²) in [5, 5.41) is 2.85. The topological polar surface area (TPSA) is 75.7 Å². The fraction of sp³-hybridized carbons (Fsp3) is 0.348. The van der Waals surface area contributed by atoms with E-state index >= 15 is 0 Å². The first-order chi connectivity index (χ1) is 14.4. The molecule has 1 N–H and O–H groups in total. The summed E-state index contributed by atoms with van der Waals surface area (Å²) in [7, 11) is 3.37. The summed E-state index contributed by atoms with van der Waals surface area (Å²) in [4.78, 5) is 38.5. The first-order valence-corrected chi connectivity index (χ1v) is 10.8. The maximum atomic E-state index is 12.4. The van der Waals surface area contributed by atoms with Crippen LogP contribution in [0.5, 0.6) is 0 Å². The number of ether oxygens (including phenoxy) is 1. The second kappa shape index (κ2) is 12.0. The van der Waals surface area contributed by atoms with Gasteiger partial charge < -0.3 is 15.0 Å². The molecule has 0 aliphatic rings. The van der Waals surface area contributed by atoms with Crippen LogP contribution in [-0.4, -0.2) is 55.2 Å². The summed E-state index contributed by atoms with van der Waals surface area (Å²) in [5.41, 5.74) is 1.56. The van der Waals surface area contributed by atoms with E-state index in [-0.39, 0.29) is 30.2 Å². The molecule has 0 spiro atoms. The summed E-state index contributed by atoms with van der Waals surface area (Å²) in [5.74, 6) is -0.747. The number of thioether (sulfide) groups is 1. The second-order valence-electron chi connectivity index (χ2n) is 7.14. The second-order valence-corrected chi connectivity index (χ2v) is 8.16. The van der Waals surface area contributed by atoms with Gasteiger partial charge in [-0.25, -0.2) is 4.79 Å². The SMILES string of the molecule is CC(CCc1ccccc1)NC(=O)COC(=O)c1ccccc1SCC(=O)N(C)C. The Hall–Kier alpha value is -2.80. The molecule has 0 heterocycles. The summed E-state index contributed by atoms with van der Waals surface area (Å²) < 4.78 is 5.19. The molecule has 0 bridgehead atoms. The molecule has 1 unspecified atom stereocenters. The molecule has 0 saturated heterocycles. The van der Waals surface area contributed by atoms with Crippen LogP contribution < -0.4 is 5.32 Å². The van der Waals surface area contributed by atoms with Gasteiger partial charge in [-0.2, -0.15) is 0 Å². The van der Waals surface area contributed by atoms with E-state index in [0.29, 0.717) is 10.5 Å². The number of rotatable bonds is 10. The van der Waals surface area contributed by atoms with Gasteiger partial charge in [0.1, 0.15) is 0 Å². The lowest BCUT2D eigenvalue weighted by Crippen LogP contribution is -2.36. The molecule has 2 aromatic carbocycles. The molecule has 1 atom stereocenters. The van der Waals surface area contributed by atoms with Crippen LogP contribution in [0.4, 0.5) is 0 Å². The van der Waals surface area contributed by atoms with E-state index in [2.05, 4.69) is 17.4 Å². The van der Waals surface area contributed by atoms with Crippen molar-refractivity contribution < 1.29 is 19.1 Å². The third-order valence-electron chi connectivity index (χ3n) is 4.41. The lowest BCUT2D eigenvalue weighted by Gasteiger charge is -2.14. The first kappa shape index (κ1) is 23.5. The molecule has 0 aliphatic heterocycles. The van der Waals surface area contributed by atoms with Crippen LogP contribution >= 0.6 is 11.8 Å². The number of esters is 1. The molecule has 0 aromatic heterocycles. The van der Waals surface area contributed by atoms with Gasteiger partial charge in [-0.1, -0.05) is 42.5 Å². The predicted molar refractivity (Wildman–Crippen MR) is 119 cm³/mol. The largest absolute Gasteiger partial charge is 0.452 e. The number of carbonyl (C=O) groups is 3. The Labute approximate surface area is 182 Å². The van der Waals surface area contributed by atoms with E-state index < -0.39 is 5.97 Å². The van der Waals surface area contributed by atoms with Crippen LogP contribution in [0, 0.1) is 0 Å². The molecule has 6 nitrogen and oxygen atoms in total. The van der Waals surface area contributed by atoms with Crippen molar-refractivity contribution in [2.24, 2.45) is 0 Å². The third-order valence-corrected chi connectivity index (χ3v) is 5.47. The minimum absolute atomic E-state index is 0.0312. The molecule has 30 heavy (non-hydrogen) atoms. The minimum atomic E-state index is -0.581. The molecular weight excluding hydrogens is 400 g/mol. The van der Waals surface area contributed by atoms with Gasteiger partial charge in [0.25, 0.3) is 5.91 Å². The van der Waals surface area contributed by atoms with E-state index in [4.69, 9.17) is 4.74 Å². The number of benzene rings is 2. The first-order valence-electron chi connectivity index (χ1n) is 9.79. The van der Waals surface area contributed by atoms with Crippen molar-refractivity contribution >= 4 is 29.5 Å². The zero-order valence-corrected chi connectivity index (χ0v) is 18.4. The van der Waals surface area contributed by atoms with Gasteiger partial charge in [-0.3, -0.25) is 9.59 Å². The van der Waals surface area contributed by atoms with Crippen molar-refractivity contribution in [3.63, 3.8) is 0 Å². The average molecular weight is 429 g/mol. The lowest BCUT2D eigenvalue weighted by atomic mass is 10.1. The Morgan fingerprint density at radius 1 is 1.03 bits per heavy atom. The van der Waals surface area contributed by atoms with Crippen molar-refractivity contribution in [2.45, 2.75) is 30.7 Å². The Kier molecular flexibility index (Phi) is 9.41. The summed E-state index contributed by atoms with van der Waals surface area (Å²) >= 11 is 1.27. The predicted octanol–water partition coefficient (Wildman–Crippen LogP) is 3.16. The number of nitrogens with zero attached hydrogens (tertiary/aromatic N) is 1. The molecule has 0 aliphatic carbocycles. The monoisotopic (exact) mass is 428 g/mol. The molecule has 2 amide bonds. The Bertz CT molecular complexity index is 855. The van der Waals surface area contributed by atoms with Crippen molar-refractivity contribution in [2.75, 3.05) is 26.5 Å². The van der Waals surface area contributed by atoms with E-state index in [9.17, 15) is 14.4 Å². The fourth-order valence-electron chi connectivity index (χ4n) is 2.66. The van der Waals surface area contributed by atoms with Crippen LogP contribution in [0.1, 0.15) is 29.3 Å². The van der Waals surface area contributed by atoms with Crippen LogP contribution in [-0.2, 0) is 20.7 Å². The highest BCUT2D eigenvalue weighted by atomic mass is 32.2. The van der Waals surface area contributed by atoms with Crippen LogP contribution in [0.25, 0.3) is 0 Å². The molecule has 0 fully saturated rings. The van der Waals surface area contributed by atoms with E-state index in [1.165, 1.54) is 22.2 Å². The van der Waals surface area contributed by atoms with Gasteiger partial charge in [-0.15, -0.1) is 11.8 Å². The van der Waals surface area contributed by atoms with Gasteiger partial charge in [0, 0.05) is 25.0 Å². The summed E-state index contributed by atoms with van der Waals surface area (Å²) in [6.07, 6.45) is 1.65. The number of hydrogen-bond acceptors (Lipinski definition) is 5. The smallest absolute Gasteiger partial charge is 0.339 e. The quantitative estimate of drug-likeness (QED) is 0.465. The molecule has 2 rings (SSSR count). The van der Waals surface area contributed by atoms with Crippen molar-refractivity contribution in [1.29, 1.82) is 0 Å². The van der Waals surface area contributed by atoms with Crippen LogP contribution in [0.15, 0.2) is 59.5 Å². The number of nitrogens with one attached hydrogen (secondary N) is 1. The van der Waals surface area contributed by atoms with Gasteiger partial charge in [-0.05, 0) is 37.5 Å². The zero-order valence-electron chi connectivity index (χ0n) is 17.6. The van der Waals surface area contributed by atoms with Gasteiger partial charge >= 0.3 is 5.97 Å². The number of hydrogen-bond donors (Lipinski definition) is 1. The molecule has 7 heteroatoms. The molecular formula is C23H28N2O4S. The standard InChI is InChI=1S/C23H28N2O4S/c1-17(13-14-18-9-5-4-6-10-18)24-21(26)15-29-23(28)19-11-7-8-12-20(19)30-16-22(27)25(2)3/h4-12,17H,13-16H2,1-3H3,(H,24,26). The molecule has 0 saturated carbocycles. The van der Waals surface area contributed by atoms with E-state index in [0.717, 1.165) is 12.8 Å². The minimum Gasteiger partial charge on any atom is -0.452 e. The average Bonchev–Trinajstić information content (AvgIpc) is 2.75. The third kappa shape index (κ3) is 7.91. The zero-order chi connectivity index (χ0) is 21.9. The Morgan fingerprint density at radius 2 is 1.70 bits per heavy atom. The highest BCUT2D eigenvalue weighted by Crippen LogP contribution is 2.23. The van der Waals surface area contributed by atoms with Crippen LogP contribution in [0.3, 0.4) is 0 Å². The van der Waals surface area contributed by atoms with Gasteiger partial charge in [0.05, 0.1) is 11.3 Å². The summed E-state index contributed by atoms with van der Waals surface area (Å²) in [6, 6.07) is 16.9. The molecule has 0 radical (unpaired) electrons. The van der Waals surface area contributed by atoms with Crippen molar-refractivity contribution in [3.8, 4) is 0 Å². The molecule has 2 aromatic rings. The maximum absolute atomic E-state index is 12.4. The molecule has 160 valence electrons. The summed E-state index contributed by atoms with van der Waals surface area (Å²) in [6.45, 7) is 1.58. The number of amides is 2. The maximum Gasteiger partial charge on any atom is 0.339 e. The van der Waals surface area contributed by atoms with Gasteiger partial charge in [0.15, 0.2) is 6.61 Å². The highest BCUT2D eigenvalue weighted by molar-refractivity contribution is 8.00. The normalized spacial score (nSPS) is 11.4. The van der Waals surface area contributed by atoms with Crippen LogP contribution in [0.2, 0.25) is 0 Å². The Morgan fingerprint density at radius 3 is 2.40 bits per heavy atom. The highest BCUT2D eigenvalue weighted by Gasteiger charge is 2.16. The van der Waals surface area contributed by atoms with Crippen molar-refractivity contribution in [3.05, 3.63) is 65.7 Å². The lowest BCUT2D eigenvalue weighted by molar-refractivity contribution is -0.126. The van der Waals surface area contributed by atoms with E-state index in [1.807, 2.05) is 25.1 Å².